The van der Waals surface area contributed by atoms with E-state index in [-0.39, 0.29) is 5.78 Å². The van der Waals surface area contributed by atoms with E-state index in [0.717, 1.165) is 5.56 Å². The number of carbonyl (C=O) groups excluding carboxylic acids is 1. The third kappa shape index (κ3) is 2.57. The molecule has 0 saturated carbocycles. The van der Waals surface area contributed by atoms with Crippen LogP contribution in [0.15, 0.2) is 54.6 Å². The molecule has 0 heterocycles. The number of rotatable bonds is 3. The van der Waals surface area contributed by atoms with E-state index in [9.17, 15) is 9.18 Å². The minimum atomic E-state index is -0.752. The van der Waals surface area contributed by atoms with Crippen LogP contribution in [0, 0.1) is 5.82 Å². The number of hydrogen-bond donors (Lipinski definition) is 1. The predicted octanol–water partition coefficient (Wildman–Crippen LogP) is 2.71. The standard InChI is InChI=1S/C14H12FNO/c15-12-8-4-7-11(9-12)14(17)13(16)10-5-2-1-3-6-10/h1-9,13H,16H2. The van der Waals surface area contributed by atoms with Crippen molar-refractivity contribution in [1.82, 2.24) is 0 Å². The molecule has 86 valence electrons. The van der Waals surface area contributed by atoms with Crippen molar-refractivity contribution in [2.45, 2.75) is 6.04 Å². The Morgan fingerprint density at radius 2 is 1.76 bits per heavy atom. The number of hydrogen-bond acceptors (Lipinski definition) is 2. The van der Waals surface area contributed by atoms with Gasteiger partial charge in [-0.2, -0.15) is 0 Å². The Balaban J connectivity index is 2.27. The summed E-state index contributed by atoms with van der Waals surface area (Å²) >= 11 is 0. The van der Waals surface area contributed by atoms with E-state index in [2.05, 4.69) is 0 Å². The van der Waals surface area contributed by atoms with Crippen molar-refractivity contribution < 1.29 is 9.18 Å². The van der Waals surface area contributed by atoms with Gasteiger partial charge in [-0.1, -0.05) is 42.5 Å². The van der Waals surface area contributed by atoms with Gasteiger partial charge in [-0.05, 0) is 17.7 Å². The zero-order valence-electron chi connectivity index (χ0n) is 9.14. The lowest BCUT2D eigenvalue weighted by Crippen LogP contribution is -2.21. The van der Waals surface area contributed by atoms with Crippen molar-refractivity contribution >= 4 is 5.78 Å². The molecule has 1 atom stereocenters. The maximum atomic E-state index is 13.0. The molecule has 2 rings (SSSR count). The van der Waals surface area contributed by atoms with Crippen LogP contribution in [-0.2, 0) is 0 Å². The van der Waals surface area contributed by atoms with E-state index in [1.165, 1.54) is 18.2 Å². The second-order valence-electron chi connectivity index (χ2n) is 3.76. The highest BCUT2D eigenvalue weighted by atomic mass is 19.1. The molecule has 0 saturated heterocycles. The Morgan fingerprint density at radius 3 is 2.41 bits per heavy atom. The fourth-order valence-corrected chi connectivity index (χ4v) is 1.63. The molecule has 1 unspecified atom stereocenters. The lowest BCUT2D eigenvalue weighted by atomic mass is 9.98. The Hall–Kier alpha value is -2.00. The maximum absolute atomic E-state index is 13.0. The Labute approximate surface area is 98.9 Å². The molecule has 0 aliphatic carbocycles. The molecule has 0 aliphatic rings. The van der Waals surface area contributed by atoms with Gasteiger partial charge in [-0.3, -0.25) is 4.79 Å². The van der Waals surface area contributed by atoms with E-state index in [1.807, 2.05) is 18.2 Å². The second kappa shape index (κ2) is 4.89. The molecule has 0 fully saturated rings. The maximum Gasteiger partial charge on any atom is 0.184 e. The van der Waals surface area contributed by atoms with Crippen LogP contribution in [0.2, 0.25) is 0 Å². The molecule has 0 aliphatic heterocycles. The fraction of sp³-hybridized carbons (Fsp3) is 0.0714. The van der Waals surface area contributed by atoms with Crippen molar-refractivity contribution in [3.8, 4) is 0 Å². The molecular weight excluding hydrogens is 217 g/mol. The third-order valence-corrected chi connectivity index (χ3v) is 2.55. The first-order valence-electron chi connectivity index (χ1n) is 5.29. The summed E-state index contributed by atoms with van der Waals surface area (Å²) in [7, 11) is 0. The smallest absolute Gasteiger partial charge is 0.184 e. The molecular formula is C14H12FNO. The Kier molecular flexibility index (Phi) is 3.30. The zero-order chi connectivity index (χ0) is 12.3. The minimum absolute atomic E-state index is 0.282. The SMILES string of the molecule is NC(C(=O)c1cccc(F)c1)c1ccccc1. The first-order valence-corrected chi connectivity index (χ1v) is 5.29. The summed E-state index contributed by atoms with van der Waals surface area (Å²) < 4.78 is 13.0. The molecule has 2 aromatic rings. The van der Waals surface area contributed by atoms with E-state index in [1.54, 1.807) is 18.2 Å². The Bertz CT molecular complexity index is 525. The minimum Gasteiger partial charge on any atom is -0.318 e. The molecule has 0 aromatic heterocycles. The van der Waals surface area contributed by atoms with Crippen LogP contribution in [0.3, 0.4) is 0 Å². The molecule has 3 heteroatoms. The van der Waals surface area contributed by atoms with Gasteiger partial charge in [0.2, 0.25) is 0 Å². The Morgan fingerprint density at radius 1 is 1.06 bits per heavy atom. The quantitative estimate of drug-likeness (QED) is 0.822. The van der Waals surface area contributed by atoms with E-state index >= 15 is 0 Å². The first-order chi connectivity index (χ1) is 8.18. The van der Waals surface area contributed by atoms with Crippen LogP contribution < -0.4 is 5.73 Å². The lowest BCUT2D eigenvalue weighted by molar-refractivity contribution is 0.0961. The average Bonchev–Trinajstić information content (AvgIpc) is 2.38. The molecule has 0 amide bonds. The summed E-state index contributed by atoms with van der Waals surface area (Å²) in [4.78, 5) is 12.0. The second-order valence-corrected chi connectivity index (χ2v) is 3.76. The molecule has 2 nitrogen and oxygen atoms in total. The number of ketones is 1. The lowest BCUT2D eigenvalue weighted by Gasteiger charge is -2.10. The number of carbonyl (C=O) groups is 1. The van der Waals surface area contributed by atoms with Gasteiger partial charge < -0.3 is 5.73 Å². The number of halogens is 1. The molecule has 2 aromatic carbocycles. The van der Waals surface area contributed by atoms with Crippen LogP contribution in [-0.4, -0.2) is 5.78 Å². The molecule has 0 bridgehead atoms. The largest absolute Gasteiger partial charge is 0.318 e. The van der Waals surface area contributed by atoms with Crippen molar-refractivity contribution in [2.24, 2.45) is 5.73 Å². The fourth-order valence-electron chi connectivity index (χ4n) is 1.63. The van der Waals surface area contributed by atoms with Crippen molar-refractivity contribution in [1.29, 1.82) is 0 Å². The summed E-state index contributed by atoms with van der Waals surface area (Å²) in [5.74, 6) is -0.716. The number of benzene rings is 2. The summed E-state index contributed by atoms with van der Waals surface area (Å²) in [5.41, 5.74) is 6.87. The summed E-state index contributed by atoms with van der Waals surface area (Å²) in [6, 6.07) is 13.8. The van der Waals surface area contributed by atoms with Gasteiger partial charge in [-0.25, -0.2) is 4.39 Å². The van der Waals surface area contributed by atoms with Gasteiger partial charge in [0.05, 0.1) is 6.04 Å². The highest BCUT2D eigenvalue weighted by Crippen LogP contribution is 2.16. The van der Waals surface area contributed by atoms with Gasteiger partial charge in [0.15, 0.2) is 5.78 Å². The third-order valence-electron chi connectivity index (χ3n) is 2.55. The first kappa shape index (κ1) is 11.5. The van der Waals surface area contributed by atoms with Crippen molar-refractivity contribution in [3.63, 3.8) is 0 Å². The normalized spacial score (nSPS) is 12.1. The summed E-state index contributed by atoms with van der Waals surface area (Å²) in [5, 5.41) is 0. The topological polar surface area (TPSA) is 43.1 Å². The number of nitrogens with two attached hydrogens (primary N) is 1. The van der Waals surface area contributed by atoms with E-state index < -0.39 is 11.9 Å². The summed E-state index contributed by atoms with van der Waals surface area (Å²) in [6.07, 6.45) is 0. The monoisotopic (exact) mass is 229 g/mol. The highest BCUT2D eigenvalue weighted by molar-refractivity contribution is 6.00. The van der Waals surface area contributed by atoms with Crippen molar-refractivity contribution in [2.75, 3.05) is 0 Å². The molecule has 2 N–H and O–H groups in total. The van der Waals surface area contributed by atoms with Crippen LogP contribution in [0.25, 0.3) is 0 Å². The molecule has 0 radical (unpaired) electrons. The predicted molar refractivity (Wildman–Crippen MR) is 64.1 cm³/mol. The van der Waals surface area contributed by atoms with Crippen LogP contribution in [0.1, 0.15) is 22.0 Å². The van der Waals surface area contributed by atoms with E-state index in [0.29, 0.717) is 5.56 Å². The van der Waals surface area contributed by atoms with E-state index in [4.69, 9.17) is 5.73 Å². The van der Waals surface area contributed by atoms with Gasteiger partial charge in [-0.15, -0.1) is 0 Å². The van der Waals surface area contributed by atoms with Gasteiger partial charge in [0.25, 0.3) is 0 Å². The van der Waals surface area contributed by atoms with Gasteiger partial charge in [0.1, 0.15) is 5.82 Å². The average molecular weight is 229 g/mol. The van der Waals surface area contributed by atoms with Gasteiger partial charge in [0, 0.05) is 5.56 Å². The highest BCUT2D eigenvalue weighted by Gasteiger charge is 2.17. The molecule has 0 spiro atoms. The zero-order valence-corrected chi connectivity index (χ0v) is 9.14. The number of Topliss-reactive ketones (excluding diaryl/α,β-unsaturated/α-hetero) is 1. The van der Waals surface area contributed by atoms with Crippen LogP contribution in [0.5, 0.6) is 0 Å². The van der Waals surface area contributed by atoms with Crippen LogP contribution in [0.4, 0.5) is 4.39 Å². The van der Waals surface area contributed by atoms with Crippen molar-refractivity contribution in [3.05, 3.63) is 71.5 Å². The van der Waals surface area contributed by atoms with Crippen LogP contribution >= 0.6 is 0 Å². The molecule has 17 heavy (non-hydrogen) atoms. The summed E-state index contributed by atoms with van der Waals surface area (Å²) in [6.45, 7) is 0. The van der Waals surface area contributed by atoms with Gasteiger partial charge >= 0.3 is 0 Å².